The molecule has 2 rings (SSSR count). The Morgan fingerprint density at radius 2 is 1.70 bits per heavy atom. The van der Waals surface area contributed by atoms with Crippen LogP contribution in [0.3, 0.4) is 0 Å². The van der Waals surface area contributed by atoms with Gasteiger partial charge in [0.15, 0.2) is 6.29 Å². The SMILES string of the molecule is CC(=O)NC1C([C@H](O)[C@H](O)CO)O[C@@](OC2C(O)C(CO)OC(O[C@@H](C)C(CO)OC(F)C(O)O)C2O)(C(=O)O)C[C@H]1O. The summed E-state index contributed by atoms with van der Waals surface area (Å²) in [7, 11) is 0. The van der Waals surface area contributed by atoms with Crippen molar-refractivity contribution in [2.45, 2.75) is 112 Å². The molecule has 0 aromatic carbocycles. The number of halogens is 1. The summed E-state index contributed by atoms with van der Waals surface area (Å²) in [6.07, 6.45) is -26.8. The maximum atomic E-state index is 13.7. The minimum atomic E-state index is -3.01. The number of aliphatic hydroxyl groups excluding tert-OH is 9. The molecule has 1 amide bonds. The van der Waals surface area contributed by atoms with Crippen molar-refractivity contribution >= 4 is 11.9 Å². The van der Waals surface area contributed by atoms with Crippen LogP contribution in [0.15, 0.2) is 0 Å². The van der Waals surface area contributed by atoms with Crippen LogP contribution in [-0.4, -0.2) is 180 Å². The molecule has 2 aliphatic rings. The topological polar surface area (TPSA) is 315 Å². The lowest BCUT2D eigenvalue weighted by Crippen LogP contribution is -2.70. The molecule has 12 N–H and O–H groups in total. The van der Waals surface area contributed by atoms with Crippen molar-refractivity contribution in [2.75, 3.05) is 19.8 Å². The molecule has 2 fully saturated rings. The smallest absolute Gasteiger partial charge is 0.364 e. The molecule has 19 nitrogen and oxygen atoms in total. The van der Waals surface area contributed by atoms with Crippen molar-refractivity contribution in [1.29, 1.82) is 0 Å². The lowest BCUT2D eigenvalue weighted by Gasteiger charge is -2.50. The molecule has 20 heteroatoms. The van der Waals surface area contributed by atoms with Gasteiger partial charge < -0.3 is 85.2 Å². The molecule has 14 atom stereocenters. The number of amides is 1. The highest BCUT2D eigenvalue weighted by atomic mass is 19.1. The van der Waals surface area contributed by atoms with Gasteiger partial charge in [0.1, 0.15) is 48.8 Å². The third-order valence-electron chi connectivity index (χ3n) is 6.93. The highest BCUT2D eigenvalue weighted by Gasteiger charge is 2.59. The summed E-state index contributed by atoms with van der Waals surface area (Å²) in [5.41, 5.74) is 0. The number of aliphatic hydroxyl groups is 10. The zero-order chi connectivity index (χ0) is 32.8. The van der Waals surface area contributed by atoms with E-state index in [4.69, 9.17) is 29.2 Å². The maximum Gasteiger partial charge on any atom is 0.364 e. The van der Waals surface area contributed by atoms with Gasteiger partial charge in [0, 0.05) is 13.3 Å². The van der Waals surface area contributed by atoms with E-state index in [1.165, 1.54) is 6.92 Å². The summed E-state index contributed by atoms with van der Waals surface area (Å²) in [5, 5.41) is 112. The first kappa shape index (κ1) is 37.5. The Balaban J connectivity index is 2.40. The molecule has 0 aromatic heterocycles. The van der Waals surface area contributed by atoms with Crippen molar-refractivity contribution in [2.24, 2.45) is 0 Å². The Kier molecular flexibility index (Phi) is 14.0. The summed E-state index contributed by atoms with van der Waals surface area (Å²) in [6, 6.07) is -1.54. The number of carbonyl (C=O) groups excluding carboxylic acids is 1. The summed E-state index contributed by atoms with van der Waals surface area (Å²) in [6.45, 7) is -0.719. The Bertz CT molecular complexity index is 902. The number of aliphatic carboxylic acids is 1. The first-order valence-corrected chi connectivity index (χ1v) is 13.1. The summed E-state index contributed by atoms with van der Waals surface area (Å²) >= 11 is 0. The Morgan fingerprint density at radius 1 is 1.07 bits per heavy atom. The lowest BCUT2D eigenvalue weighted by molar-refractivity contribution is -0.375. The molecule has 0 spiro atoms. The highest BCUT2D eigenvalue weighted by Crippen LogP contribution is 2.37. The fourth-order valence-corrected chi connectivity index (χ4v) is 4.61. The van der Waals surface area contributed by atoms with Crippen molar-refractivity contribution in [3.63, 3.8) is 0 Å². The second kappa shape index (κ2) is 16.0. The maximum absolute atomic E-state index is 13.7. The van der Waals surface area contributed by atoms with Gasteiger partial charge >= 0.3 is 5.97 Å². The van der Waals surface area contributed by atoms with Gasteiger partial charge in [0.25, 0.3) is 12.1 Å². The van der Waals surface area contributed by atoms with E-state index in [2.05, 4.69) is 10.1 Å². The fourth-order valence-electron chi connectivity index (χ4n) is 4.61. The van der Waals surface area contributed by atoms with Crippen LogP contribution < -0.4 is 5.32 Å². The summed E-state index contributed by atoms with van der Waals surface area (Å²) in [5.74, 6) is -5.73. The van der Waals surface area contributed by atoms with Crippen molar-refractivity contribution in [3.8, 4) is 0 Å². The van der Waals surface area contributed by atoms with Gasteiger partial charge in [-0.1, -0.05) is 0 Å². The van der Waals surface area contributed by atoms with Crippen molar-refractivity contribution in [1.82, 2.24) is 5.32 Å². The molecule has 9 unspecified atom stereocenters. The molecule has 0 saturated carbocycles. The summed E-state index contributed by atoms with van der Waals surface area (Å²) in [4.78, 5) is 24.2. The number of nitrogens with one attached hydrogen (secondary N) is 1. The van der Waals surface area contributed by atoms with E-state index in [-0.39, 0.29) is 0 Å². The number of ether oxygens (including phenoxy) is 5. The Morgan fingerprint density at radius 3 is 2.19 bits per heavy atom. The fraction of sp³-hybridized carbons (Fsp3) is 0.913. The van der Waals surface area contributed by atoms with E-state index in [9.17, 15) is 59.9 Å². The second-order valence-electron chi connectivity index (χ2n) is 10.1. The molecule has 0 aliphatic carbocycles. The Labute approximate surface area is 243 Å². The first-order chi connectivity index (χ1) is 20.0. The molecular weight excluding hydrogens is 597 g/mol. The van der Waals surface area contributed by atoms with Gasteiger partial charge in [-0.15, -0.1) is 0 Å². The number of carboxylic acids is 1. The molecular formula is C23H40FNO18. The van der Waals surface area contributed by atoms with Crippen LogP contribution in [0, 0.1) is 0 Å². The zero-order valence-corrected chi connectivity index (χ0v) is 23.1. The molecule has 43 heavy (non-hydrogen) atoms. The predicted molar refractivity (Wildman–Crippen MR) is 131 cm³/mol. The van der Waals surface area contributed by atoms with E-state index in [0.29, 0.717) is 0 Å². The van der Waals surface area contributed by atoms with Gasteiger partial charge in [-0.2, -0.15) is 0 Å². The van der Waals surface area contributed by atoms with E-state index in [1.54, 1.807) is 0 Å². The largest absolute Gasteiger partial charge is 0.477 e. The third kappa shape index (κ3) is 8.93. The van der Waals surface area contributed by atoms with Crippen LogP contribution in [0.1, 0.15) is 20.3 Å². The number of hydrogen-bond donors (Lipinski definition) is 12. The molecule has 2 heterocycles. The standard InChI is InChI=1S/C23H40FNO18/c1-7(11(5-27)40-19(24)20(35)36)39-21-16(34)18(15(33)12(6-28)41-21)43-23(22(37)38)3-9(30)13(25-8(2)29)17(42-23)14(32)10(31)4-26/h7,9-21,26-28,30-36H,3-6H2,1-2H3,(H,25,29)(H,37,38)/t7-,9+,10+,11?,12?,13?,14+,15?,16?,17?,18?,19?,21?,23-/m0/s1. The van der Waals surface area contributed by atoms with Crippen LogP contribution in [0.25, 0.3) is 0 Å². The molecule has 2 aliphatic heterocycles. The van der Waals surface area contributed by atoms with Gasteiger partial charge in [-0.25, -0.2) is 9.18 Å². The van der Waals surface area contributed by atoms with Crippen molar-refractivity contribution in [3.05, 3.63) is 0 Å². The quantitative estimate of drug-likeness (QED) is 0.0742. The van der Waals surface area contributed by atoms with Crippen LogP contribution in [0.2, 0.25) is 0 Å². The van der Waals surface area contributed by atoms with Gasteiger partial charge in [0.2, 0.25) is 12.2 Å². The minimum absolute atomic E-state index is 0.750. The highest BCUT2D eigenvalue weighted by molar-refractivity contribution is 5.76. The second-order valence-corrected chi connectivity index (χ2v) is 10.1. The normalized spacial score (nSPS) is 36.9. The Hall–Kier alpha value is -1.73. The van der Waals surface area contributed by atoms with E-state index in [0.717, 1.165) is 6.92 Å². The monoisotopic (exact) mass is 637 g/mol. The molecule has 0 radical (unpaired) electrons. The lowest BCUT2D eigenvalue weighted by atomic mass is 9.88. The molecule has 0 aromatic rings. The van der Waals surface area contributed by atoms with Crippen LogP contribution in [0.4, 0.5) is 4.39 Å². The average molecular weight is 638 g/mol. The van der Waals surface area contributed by atoms with Crippen LogP contribution in [0.5, 0.6) is 0 Å². The van der Waals surface area contributed by atoms with Crippen LogP contribution >= 0.6 is 0 Å². The summed E-state index contributed by atoms with van der Waals surface area (Å²) < 4.78 is 40.1. The average Bonchev–Trinajstić information content (AvgIpc) is 2.95. The van der Waals surface area contributed by atoms with E-state index < -0.39 is 130 Å². The number of rotatable bonds is 15. The third-order valence-corrected chi connectivity index (χ3v) is 6.93. The number of carbonyl (C=O) groups is 2. The predicted octanol–water partition coefficient (Wildman–Crippen LogP) is -6.65. The molecule has 2 saturated heterocycles. The zero-order valence-electron chi connectivity index (χ0n) is 23.1. The molecule has 0 bridgehead atoms. The van der Waals surface area contributed by atoms with Gasteiger partial charge in [0.05, 0.1) is 38.1 Å². The van der Waals surface area contributed by atoms with E-state index in [1.807, 2.05) is 0 Å². The number of hydrogen-bond acceptors (Lipinski definition) is 17. The first-order valence-electron chi connectivity index (χ1n) is 13.1. The van der Waals surface area contributed by atoms with Crippen LogP contribution in [-0.2, 0) is 33.3 Å². The van der Waals surface area contributed by atoms with Gasteiger partial charge in [-0.05, 0) is 6.92 Å². The minimum Gasteiger partial charge on any atom is -0.477 e. The number of carboxylic acid groups (broad SMARTS) is 1. The van der Waals surface area contributed by atoms with Gasteiger partial charge in [-0.3, -0.25) is 4.79 Å². The number of alkyl halides is 1. The van der Waals surface area contributed by atoms with E-state index >= 15 is 0 Å². The van der Waals surface area contributed by atoms with Crippen molar-refractivity contribution < 1.29 is 93.8 Å². The molecule has 252 valence electrons.